The van der Waals surface area contributed by atoms with E-state index in [0.717, 1.165) is 52.7 Å². The van der Waals surface area contributed by atoms with E-state index in [9.17, 15) is 18.0 Å². The molecule has 1 aliphatic heterocycles. The van der Waals surface area contributed by atoms with Gasteiger partial charge in [-0.1, -0.05) is 31.6 Å². The number of Topliss-reactive ketones (excluding diaryl/α,β-unsaturated/α-hetero) is 1. The molecule has 4 rings (SSSR count). The van der Waals surface area contributed by atoms with Gasteiger partial charge in [0.1, 0.15) is 5.83 Å². The van der Waals surface area contributed by atoms with E-state index in [1.165, 1.54) is 12.3 Å². The van der Waals surface area contributed by atoms with Crippen LogP contribution in [0.1, 0.15) is 69.6 Å². The molecular weight excluding hydrogens is 499 g/mol. The summed E-state index contributed by atoms with van der Waals surface area (Å²) in [6.45, 7) is 6.81. The third-order valence-electron chi connectivity index (χ3n) is 7.87. The van der Waals surface area contributed by atoms with Crippen LogP contribution in [0.15, 0.2) is 65.9 Å². The number of fused-ring (bicyclic) bond motifs is 1. The minimum Gasteiger partial charge on any atom is -0.404 e. The van der Waals surface area contributed by atoms with E-state index in [-0.39, 0.29) is 24.2 Å². The monoisotopic (exact) mass is 537 g/mol. The molecule has 7 heteroatoms. The van der Waals surface area contributed by atoms with Crippen molar-refractivity contribution in [2.75, 3.05) is 13.1 Å². The lowest BCUT2D eigenvalue weighted by Crippen LogP contribution is -2.38. The molecule has 1 aromatic carbocycles. The molecule has 0 saturated carbocycles. The number of allylic oxidation sites excluding steroid dienone is 5. The summed E-state index contributed by atoms with van der Waals surface area (Å²) in [7, 11) is 0. The molecule has 4 nitrogen and oxygen atoms in total. The number of rotatable bonds is 8. The fraction of sp³-hybridized carbons (Fsp3) is 0.438. The lowest BCUT2D eigenvalue weighted by Gasteiger charge is -2.31. The van der Waals surface area contributed by atoms with Crippen molar-refractivity contribution < 1.29 is 18.0 Å². The number of carbonyl (C=O) groups excluding carboxylic acids is 1. The normalized spacial score (nSPS) is 19.4. The van der Waals surface area contributed by atoms with Crippen molar-refractivity contribution in [1.82, 2.24) is 9.88 Å². The summed E-state index contributed by atoms with van der Waals surface area (Å²) in [5.74, 6) is -3.89. The molecule has 0 spiro atoms. The van der Waals surface area contributed by atoms with Crippen LogP contribution in [0.3, 0.4) is 0 Å². The zero-order valence-electron chi connectivity index (χ0n) is 23.1. The molecule has 2 aromatic rings. The van der Waals surface area contributed by atoms with Crippen LogP contribution in [0.4, 0.5) is 13.2 Å². The number of carbonyl (C=O) groups is 1. The second-order valence-electron chi connectivity index (χ2n) is 10.8. The quantitative estimate of drug-likeness (QED) is 0.357. The van der Waals surface area contributed by atoms with Crippen LogP contribution in [0, 0.1) is 5.92 Å². The Balaban J connectivity index is 1.65. The molecule has 1 aliphatic carbocycles. The summed E-state index contributed by atoms with van der Waals surface area (Å²) < 4.78 is 41.9. The SMILES string of the molecule is CC/C=C(F)\C(=C/N)[C@@H](C)C(=O)C1=C(C)CCCc2ccc(-c3cncc(CN4CCC(F)(F)CC4)c3)cc21. The van der Waals surface area contributed by atoms with Crippen LogP contribution >= 0.6 is 0 Å². The number of likely N-dealkylation sites (tertiary alicyclic amines) is 1. The Morgan fingerprint density at radius 3 is 2.59 bits per heavy atom. The van der Waals surface area contributed by atoms with Crippen LogP contribution in [-0.4, -0.2) is 34.7 Å². The van der Waals surface area contributed by atoms with Gasteiger partial charge >= 0.3 is 0 Å². The third kappa shape index (κ3) is 6.70. The summed E-state index contributed by atoms with van der Waals surface area (Å²) >= 11 is 0. The van der Waals surface area contributed by atoms with E-state index in [0.29, 0.717) is 31.6 Å². The first-order valence-corrected chi connectivity index (χ1v) is 13.8. The van der Waals surface area contributed by atoms with Gasteiger partial charge in [-0.15, -0.1) is 0 Å². The second kappa shape index (κ2) is 12.3. The standard InChI is InChI=1S/C32H38F3N3O/c1-4-6-29(33)28(17-36)22(3)31(39)30-21(2)7-5-8-24-9-10-25(16-27(24)30)26-15-23(18-37-19-26)20-38-13-11-32(34,35)12-14-38/h6,9-10,15-19,22H,4-5,7-8,11-14,20,36H2,1-3H3/b28-17-,29-6+/t22-/m1/s1. The van der Waals surface area contributed by atoms with Crippen molar-refractivity contribution in [1.29, 1.82) is 0 Å². The van der Waals surface area contributed by atoms with Gasteiger partial charge in [0.25, 0.3) is 5.92 Å². The van der Waals surface area contributed by atoms with Crippen LogP contribution < -0.4 is 5.73 Å². The molecule has 2 N–H and O–H groups in total. The highest BCUT2D eigenvalue weighted by Gasteiger charge is 2.34. The molecule has 0 bridgehead atoms. The van der Waals surface area contributed by atoms with Crippen molar-refractivity contribution in [3.05, 3.63) is 82.6 Å². The average Bonchev–Trinajstić information content (AvgIpc) is 3.07. The number of ketones is 1. The summed E-state index contributed by atoms with van der Waals surface area (Å²) in [5.41, 5.74) is 12.4. The molecule has 1 saturated heterocycles. The largest absolute Gasteiger partial charge is 0.404 e. The fourth-order valence-electron chi connectivity index (χ4n) is 5.56. The summed E-state index contributed by atoms with van der Waals surface area (Å²) in [5, 5.41) is 0. The van der Waals surface area contributed by atoms with E-state index in [2.05, 4.69) is 11.1 Å². The Morgan fingerprint density at radius 2 is 1.90 bits per heavy atom. The minimum atomic E-state index is -2.57. The number of alkyl halides is 2. The molecule has 1 aromatic heterocycles. The first kappa shape index (κ1) is 28.8. The van der Waals surface area contributed by atoms with E-state index in [4.69, 9.17) is 5.73 Å². The van der Waals surface area contributed by atoms with Crippen LogP contribution in [0.5, 0.6) is 0 Å². The summed E-state index contributed by atoms with van der Waals surface area (Å²) in [6, 6.07) is 8.19. The van der Waals surface area contributed by atoms with Crippen LogP contribution in [0.25, 0.3) is 16.7 Å². The summed E-state index contributed by atoms with van der Waals surface area (Å²) in [4.78, 5) is 20.3. The number of benzene rings is 1. The van der Waals surface area contributed by atoms with Gasteiger partial charge in [-0.05, 0) is 73.1 Å². The number of aromatic nitrogens is 1. The maximum Gasteiger partial charge on any atom is 0.250 e. The lowest BCUT2D eigenvalue weighted by molar-refractivity contribution is -0.115. The highest BCUT2D eigenvalue weighted by atomic mass is 19.3. The van der Waals surface area contributed by atoms with Gasteiger partial charge in [-0.25, -0.2) is 13.2 Å². The third-order valence-corrected chi connectivity index (χ3v) is 7.87. The number of nitrogens with two attached hydrogens (primary N) is 1. The number of aryl methyl sites for hydroxylation is 1. The van der Waals surface area contributed by atoms with Gasteiger partial charge in [0.15, 0.2) is 5.78 Å². The van der Waals surface area contributed by atoms with Crippen molar-refractivity contribution in [2.24, 2.45) is 11.7 Å². The molecule has 2 aliphatic rings. The number of nitrogens with zero attached hydrogens (tertiary/aromatic N) is 2. The van der Waals surface area contributed by atoms with Gasteiger partial charge in [0.05, 0.1) is 0 Å². The molecule has 1 fully saturated rings. The predicted molar refractivity (Wildman–Crippen MR) is 151 cm³/mol. The molecule has 39 heavy (non-hydrogen) atoms. The Labute approximate surface area is 229 Å². The Kier molecular flexibility index (Phi) is 9.11. The van der Waals surface area contributed by atoms with E-state index in [1.54, 1.807) is 19.3 Å². The van der Waals surface area contributed by atoms with Gasteiger partial charge in [-0.2, -0.15) is 0 Å². The number of pyridine rings is 1. The topological polar surface area (TPSA) is 59.2 Å². The number of hydrogen-bond donors (Lipinski definition) is 1. The minimum absolute atomic E-state index is 0.120. The van der Waals surface area contributed by atoms with Crippen LogP contribution in [-0.2, 0) is 17.8 Å². The highest BCUT2D eigenvalue weighted by molar-refractivity contribution is 6.24. The maximum atomic E-state index is 14.7. The van der Waals surface area contributed by atoms with Gasteiger partial charge in [0, 0.05) is 73.7 Å². The van der Waals surface area contributed by atoms with E-state index < -0.39 is 17.7 Å². The second-order valence-corrected chi connectivity index (χ2v) is 10.8. The zero-order valence-corrected chi connectivity index (χ0v) is 23.1. The first-order valence-electron chi connectivity index (χ1n) is 13.8. The highest BCUT2D eigenvalue weighted by Crippen LogP contribution is 2.37. The average molecular weight is 538 g/mol. The number of piperidine rings is 1. The Morgan fingerprint density at radius 1 is 1.15 bits per heavy atom. The molecule has 0 unspecified atom stereocenters. The maximum absolute atomic E-state index is 14.7. The van der Waals surface area contributed by atoms with Gasteiger partial charge < -0.3 is 5.73 Å². The van der Waals surface area contributed by atoms with Gasteiger partial charge in [-0.3, -0.25) is 14.7 Å². The van der Waals surface area contributed by atoms with Crippen LogP contribution in [0.2, 0.25) is 0 Å². The zero-order chi connectivity index (χ0) is 28.2. The first-order chi connectivity index (χ1) is 18.6. The summed E-state index contributed by atoms with van der Waals surface area (Å²) in [6.07, 6.45) is 9.04. The lowest BCUT2D eigenvalue weighted by atomic mass is 9.84. The molecular formula is C32H38F3N3O. The molecule has 2 heterocycles. The van der Waals surface area contributed by atoms with Gasteiger partial charge in [0.2, 0.25) is 0 Å². The fourth-order valence-corrected chi connectivity index (χ4v) is 5.56. The van der Waals surface area contributed by atoms with Crippen molar-refractivity contribution in [3.63, 3.8) is 0 Å². The number of hydrogen-bond acceptors (Lipinski definition) is 4. The predicted octanol–water partition coefficient (Wildman–Crippen LogP) is 7.40. The number of halogens is 3. The van der Waals surface area contributed by atoms with E-state index >= 15 is 0 Å². The Hall–Kier alpha value is -3.19. The molecule has 1 atom stereocenters. The van der Waals surface area contributed by atoms with Crippen molar-refractivity contribution in [3.8, 4) is 11.1 Å². The molecule has 0 amide bonds. The van der Waals surface area contributed by atoms with E-state index in [1.807, 2.05) is 36.9 Å². The Bertz CT molecular complexity index is 1300. The van der Waals surface area contributed by atoms with Crippen molar-refractivity contribution in [2.45, 2.75) is 71.8 Å². The smallest absolute Gasteiger partial charge is 0.250 e. The van der Waals surface area contributed by atoms with Crippen molar-refractivity contribution >= 4 is 11.4 Å². The molecule has 0 radical (unpaired) electrons. The molecule has 208 valence electrons.